The summed E-state index contributed by atoms with van der Waals surface area (Å²) in [5, 5.41) is 6.20. The van der Waals surface area contributed by atoms with Crippen molar-refractivity contribution in [1.82, 2.24) is 5.01 Å². The fraction of sp³-hybridized carbons (Fsp3) is 0.818. The summed E-state index contributed by atoms with van der Waals surface area (Å²) in [6.07, 6.45) is 5.07. The molecule has 0 bridgehead atoms. The normalized spacial score (nSPS) is 22.1. The van der Waals surface area contributed by atoms with E-state index in [2.05, 4.69) is 18.9 Å². The first-order valence-corrected chi connectivity index (χ1v) is 5.65. The molecule has 3 heteroatoms. The van der Waals surface area contributed by atoms with E-state index >= 15 is 0 Å². The lowest BCUT2D eigenvalue weighted by Gasteiger charge is -2.21. The molecule has 0 aromatic carbocycles. The molecule has 0 aromatic heterocycles. The molecule has 0 unspecified atom stereocenters. The van der Waals surface area contributed by atoms with Crippen LogP contribution in [0.4, 0.5) is 0 Å². The number of hydrogen-bond donors (Lipinski definition) is 0. The Morgan fingerprint density at radius 3 is 2.57 bits per heavy atom. The van der Waals surface area contributed by atoms with Crippen LogP contribution in [-0.4, -0.2) is 22.7 Å². The Labute approximate surface area is 85.2 Å². The summed E-state index contributed by atoms with van der Waals surface area (Å²) in [4.78, 5) is 11.7. The van der Waals surface area contributed by atoms with Crippen LogP contribution in [0.5, 0.6) is 0 Å². The summed E-state index contributed by atoms with van der Waals surface area (Å²) in [6, 6.07) is 0.318. The third-order valence-corrected chi connectivity index (χ3v) is 3.16. The Kier molecular flexibility index (Phi) is 2.57. The van der Waals surface area contributed by atoms with E-state index in [4.69, 9.17) is 0 Å². The number of nitrogens with zero attached hydrogens (tertiary/aromatic N) is 2. The SMILES string of the molecule is CCC(CC)N1N=C(C2CC2)CC1=O. The minimum Gasteiger partial charge on any atom is -0.273 e. The van der Waals surface area contributed by atoms with Crippen LogP contribution in [0.1, 0.15) is 46.0 Å². The Hall–Kier alpha value is -0.860. The van der Waals surface area contributed by atoms with Gasteiger partial charge in [0, 0.05) is 0 Å². The van der Waals surface area contributed by atoms with Gasteiger partial charge in [-0.15, -0.1) is 0 Å². The van der Waals surface area contributed by atoms with Crippen molar-refractivity contribution < 1.29 is 4.79 Å². The predicted molar refractivity (Wildman–Crippen MR) is 56.0 cm³/mol. The molecule has 78 valence electrons. The Morgan fingerprint density at radius 1 is 1.43 bits per heavy atom. The molecule has 0 N–H and O–H groups in total. The van der Waals surface area contributed by atoms with Gasteiger partial charge in [0.25, 0.3) is 0 Å². The smallest absolute Gasteiger partial charge is 0.248 e. The zero-order valence-corrected chi connectivity index (χ0v) is 8.99. The fourth-order valence-electron chi connectivity index (χ4n) is 2.03. The topological polar surface area (TPSA) is 32.7 Å². The highest BCUT2D eigenvalue weighted by Gasteiger charge is 2.36. The zero-order chi connectivity index (χ0) is 10.1. The second kappa shape index (κ2) is 3.71. The maximum absolute atomic E-state index is 11.7. The number of carbonyl (C=O) groups is 1. The summed E-state index contributed by atoms with van der Waals surface area (Å²) in [7, 11) is 0. The van der Waals surface area contributed by atoms with Crippen molar-refractivity contribution in [2.24, 2.45) is 11.0 Å². The highest BCUT2D eigenvalue weighted by Crippen LogP contribution is 2.35. The third kappa shape index (κ3) is 1.68. The van der Waals surface area contributed by atoms with Crippen LogP contribution in [0, 0.1) is 5.92 Å². The molecule has 1 heterocycles. The maximum atomic E-state index is 11.7. The molecule has 0 spiro atoms. The van der Waals surface area contributed by atoms with E-state index in [1.54, 1.807) is 5.01 Å². The quantitative estimate of drug-likeness (QED) is 0.675. The van der Waals surface area contributed by atoms with Gasteiger partial charge in [0.2, 0.25) is 5.91 Å². The van der Waals surface area contributed by atoms with Gasteiger partial charge < -0.3 is 0 Å². The highest BCUT2D eigenvalue weighted by atomic mass is 16.2. The molecule has 3 nitrogen and oxygen atoms in total. The van der Waals surface area contributed by atoms with E-state index in [-0.39, 0.29) is 5.91 Å². The molecule has 0 radical (unpaired) electrons. The molecule has 2 aliphatic rings. The zero-order valence-electron chi connectivity index (χ0n) is 8.99. The molecular formula is C11H18N2O. The summed E-state index contributed by atoms with van der Waals surface area (Å²) in [5.74, 6) is 0.846. The van der Waals surface area contributed by atoms with Crippen molar-refractivity contribution in [3.63, 3.8) is 0 Å². The van der Waals surface area contributed by atoms with E-state index in [0.717, 1.165) is 18.6 Å². The lowest BCUT2D eigenvalue weighted by molar-refractivity contribution is -0.131. The molecule has 0 atom stereocenters. The lowest BCUT2D eigenvalue weighted by atomic mass is 10.1. The minimum atomic E-state index is 0.209. The van der Waals surface area contributed by atoms with Crippen molar-refractivity contribution >= 4 is 11.6 Å². The first-order chi connectivity index (χ1) is 6.76. The minimum absolute atomic E-state index is 0.209. The van der Waals surface area contributed by atoms with E-state index in [9.17, 15) is 4.79 Å². The second-order valence-electron chi connectivity index (χ2n) is 4.25. The van der Waals surface area contributed by atoms with Crippen molar-refractivity contribution in [2.75, 3.05) is 0 Å². The molecule has 14 heavy (non-hydrogen) atoms. The van der Waals surface area contributed by atoms with Crippen LogP contribution in [0.15, 0.2) is 5.10 Å². The number of amides is 1. The third-order valence-electron chi connectivity index (χ3n) is 3.16. The van der Waals surface area contributed by atoms with Gasteiger partial charge in [0.1, 0.15) is 0 Å². The number of rotatable bonds is 4. The summed E-state index contributed by atoms with van der Waals surface area (Å²) in [6.45, 7) is 4.23. The molecule has 0 aromatic rings. The standard InChI is InChI=1S/C11H18N2O/c1-3-9(4-2)13-11(14)7-10(12-13)8-5-6-8/h8-9H,3-7H2,1-2H3. The van der Waals surface area contributed by atoms with Crippen LogP contribution in [-0.2, 0) is 4.79 Å². The van der Waals surface area contributed by atoms with E-state index < -0.39 is 0 Å². The molecule has 1 aliphatic carbocycles. The van der Waals surface area contributed by atoms with E-state index in [1.165, 1.54) is 12.8 Å². The van der Waals surface area contributed by atoms with Crippen molar-refractivity contribution in [3.05, 3.63) is 0 Å². The first-order valence-electron chi connectivity index (χ1n) is 5.65. The van der Waals surface area contributed by atoms with Gasteiger partial charge in [0.15, 0.2) is 0 Å². The number of carbonyl (C=O) groups excluding carboxylic acids is 1. The van der Waals surface area contributed by atoms with Gasteiger partial charge in [-0.25, -0.2) is 5.01 Å². The van der Waals surface area contributed by atoms with E-state index in [1.807, 2.05) is 0 Å². The van der Waals surface area contributed by atoms with E-state index in [0.29, 0.717) is 18.4 Å². The van der Waals surface area contributed by atoms with Crippen LogP contribution < -0.4 is 0 Å². The van der Waals surface area contributed by atoms with Gasteiger partial charge in [-0.2, -0.15) is 5.10 Å². The van der Waals surface area contributed by atoms with Crippen LogP contribution in [0.2, 0.25) is 0 Å². The average Bonchev–Trinajstić information content (AvgIpc) is 2.95. The Bertz CT molecular complexity index is 264. The summed E-state index contributed by atoms with van der Waals surface area (Å²) in [5.41, 5.74) is 1.14. The van der Waals surface area contributed by atoms with Crippen LogP contribution in [0.3, 0.4) is 0 Å². The second-order valence-corrected chi connectivity index (χ2v) is 4.25. The summed E-state index contributed by atoms with van der Waals surface area (Å²) < 4.78 is 0. The highest BCUT2D eigenvalue weighted by molar-refractivity contribution is 6.06. The first kappa shape index (κ1) is 9.69. The number of hydrazone groups is 1. The largest absolute Gasteiger partial charge is 0.273 e. The van der Waals surface area contributed by atoms with Crippen molar-refractivity contribution in [3.8, 4) is 0 Å². The molecule has 0 saturated heterocycles. The molecule has 1 aliphatic heterocycles. The fourth-order valence-corrected chi connectivity index (χ4v) is 2.03. The molecule has 2 rings (SSSR count). The van der Waals surface area contributed by atoms with Gasteiger partial charge in [-0.1, -0.05) is 13.8 Å². The molecule has 1 saturated carbocycles. The Balaban J connectivity index is 2.06. The van der Waals surface area contributed by atoms with Gasteiger partial charge in [0.05, 0.1) is 18.2 Å². The average molecular weight is 194 g/mol. The maximum Gasteiger partial charge on any atom is 0.248 e. The molecule has 1 amide bonds. The van der Waals surface area contributed by atoms with Gasteiger partial charge >= 0.3 is 0 Å². The van der Waals surface area contributed by atoms with Gasteiger partial charge in [-0.05, 0) is 31.6 Å². The number of hydrogen-bond acceptors (Lipinski definition) is 2. The van der Waals surface area contributed by atoms with Crippen LogP contribution in [0.25, 0.3) is 0 Å². The lowest BCUT2D eigenvalue weighted by Crippen LogP contribution is -2.31. The summed E-state index contributed by atoms with van der Waals surface area (Å²) >= 11 is 0. The predicted octanol–water partition coefficient (Wildman–Crippen LogP) is 2.17. The van der Waals surface area contributed by atoms with Crippen molar-refractivity contribution in [1.29, 1.82) is 0 Å². The molecule has 1 fully saturated rings. The Morgan fingerprint density at radius 2 is 2.07 bits per heavy atom. The van der Waals surface area contributed by atoms with Crippen LogP contribution >= 0.6 is 0 Å². The van der Waals surface area contributed by atoms with Crippen molar-refractivity contribution in [2.45, 2.75) is 52.0 Å². The molecular weight excluding hydrogens is 176 g/mol. The van der Waals surface area contributed by atoms with Gasteiger partial charge in [-0.3, -0.25) is 4.79 Å². The monoisotopic (exact) mass is 194 g/mol.